The summed E-state index contributed by atoms with van der Waals surface area (Å²) < 4.78 is 34.2. The molecule has 0 radical (unpaired) electrons. The third-order valence-electron chi connectivity index (χ3n) is 14.8. The first-order valence-corrected chi connectivity index (χ1v) is 30.0. The van der Waals surface area contributed by atoms with E-state index in [4.69, 9.17) is 28.4 Å². The van der Waals surface area contributed by atoms with Gasteiger partial charge >= 0.3 is 0 Å². The second kappa shape index (κ2) is 43.2. The largest absolute Gasteiger partial charge is 0.394 e. The maximum atomic E-state index is 13.3. The molecule has 0 aromatic carbocycles. The molecule has 3 heterocycles. The molecule has 458 valence electrons. The summed E-state index contributed by atoms with van der Waals surface area (Å²) in [5, 5.41) is 120. The summed E-state index contributed by atoms with van der Waals surface area (Å²) in [4.78, 5) is 13.3. The van der Waals surface area contributed by atoms with Gasteiger partial charge in [-0.1, -0.05) is 158 Å². The third kappa shape index (κ3) is 27.2. The molecule has 0 aliphatic carbocycles. The van der Waals surface area contributed by atoms with Gasteiger partial charge in [-0.25, -0.2) is 0 Å². The molecule has 1 amide bonds. The van der Waals surface area contributed by atoms with Gasteiger partial charge in [-0.2, -0.15) is 0 Å². The molecule has 17 unspecified atom stereocenters. The van der Waals surface area contributed by atoms with E-state index in [2.05, 4.69) is 67.8 Å². The molecule has 12 N–H and O–H groups in total. The Hall–Kier alpha value is -2.51. The smallest absolute Gasteiger partial charge is 0.220 e. The number of ether oxygens (including phenoxy) is 6. The van der Waals surface area contributed by atoms with Gasteiger partial charge < -0.3 is 89.9 Å². The molecular weight excluding hydrogens is 1020 g/mol. The van der Waals surface area contributed by atoms with E-state index in [1.807, 2.05) is 6.08 Å². The summed E-state index contributed by atoms with van der Waals surface area (Å²) in [5.74, 6) is -0.298. The fourth-order valence-electron chi connectivity index (χ4n) is 9.78. The van der Waals surface area contributed by atoms with Crippen molar-refractivity contribution in [3.05, 3.63) is 60.8 Å². The van der Waals surface area contributed by atoms with Crippen molar-refractivity contribution in [3.63, 3.8) is 0 Å². The molecule has 19 nitrogen and oxygen atoms in total. The lowest BCUT2D eigenvalue weighted by Crippen LogP contribution is -2.66. The molecule has 19 heteroatoms. The van der Waals surface area contributed by atoms with E-state index in [1.54, 1.807) is 6.08 Å². The van der Waals surface area contributed by atoms with E-state index in [0.29, 0.717) is 12.8 Å². The van der Waals surface area contributed by atoms with Crippen molar-refractivity contribution in [1.82, 2.24) is 5.32 Å². The molecule has 17 atom stereocenters. The molecule has 0 bridgehead atoms. The van der Waals surface area contributed by atoms with Crippen molar-refractivity contribution in [2.45, 2.75) is 285 Å². The lowest BCUT2D eigenvalue weighted by molar-refractivity contribution is -0.379. The Morgan fingerprint density at radius 3 is 1.37 bits per heavy atom. The molecular formula is C60H105NO18. The minimum atomic E-state index is -1.98. The van der Waals surface area contributed by atoms with Gasteiger partial charge in [0.25, 0.3) is 0 Å². The molecule has 0 aromatic rings. The Labute approximate surface area is 471 Å². The van der Waals surface area contributed by atoms with Gasteiger partial charge in [0.1, 0.15) is 73.2 Å². The number of hydrogen-bond acceptors (Lipinski definition) is 18. The number of aliphatic hydroxyl groups is 11. The Bertz CT molecular complexity index is 1680. The van der Waals surface area contributed by atoms with Gasteiger partial charge in [-0.3, -0.25) is 4.79 Å². The topological polar surface area (TPSA) is 307 Å². The summed E-state index contributed by atoms with van der Waals surface area (Å²) in [5.41, 5.74) is 0. The van der Waals surface area contributed by atoms with Gasteiger partial charge in [-0.15, -0.1) is 0 Å². The number of hydrogen-bond donors (Lipinski definition) is 12. The van der Waals surface area contributed by atoms with Crippen LogP contribution in [-0.2, 0) is 33.2 Å². The lowest BCUT2D eigenvalue weighted by atomic mass is 9.96. The average Bonchev–Trinajstić information content (AvgIpc) is 3.56. The second-order valence-corrected chi connectivity index (χ2v) is 21.4. The Morgan fingerprint density at radius 1 is 0.456 bits per heavy atom. The van der Waals surface area contributed by atoms with Crippen molar-refractivity contribution in [1.29, 1.82) is 0 Å². The average molecular weight is 1130 g/mol. The maximum Gasteiger partial charge on any atom is 0.220 e. The maximum absolute atomic E-state index is 13.3. The molecule has 3 fully saturated rings. The van der Waals surface area contributed by atoms with Crippen LogP contribution in [0.25, 0.3) is 0 Å². The van der Waals surface area contributed by atoms with Crippen LogP contribution in [0.4, 0.5) is 0 Å². The predicted molar refractivity (Wildman–Crippen MR) is 300 cm³/mol. The molecule has 3 saturated heterocycles. The van der Waals surface area contributed by atoms with E-state index in [-0.39, 0.29) is 18.9 Å². The summed E-state index contributed by atoms with van der Waals surface area (Å²) >= 11 is 0. The zero-order valence-corrected chi connectivity index (χ0v) is 47.6. The number of allylic oxidation sites excluding steroid dienone is 9. The third-order valence-corrected chi connectivity index (χ3v) is 14.8. The second-order valence-electron chi connectivity index (χ2n) is 21.4. The minimum Gasteiger partial charge on any atom is -0.394 e. The summed E-state index contributed by atoms with van der Waals surface area (Å²) in [6, 6.07) is -0.999. The zero-order chi connectivity index (χ0) is 57.6. The molecule has 3 rings (SSSR count). The van der Waals surface area contributed by atoms with Gasteiger partial charge in [0, 0.05) is 6.42 Å². The highest BCUT2D eigenvalue weighted by Gasteiger charge is 2.53. The van der Waals surface area contributed by atoms with Crippen LogP contribution >= 0.6 is 0 Å². The first-order chi connectivity index (χ1) is 38.3. The SMILES string of the molecule is CCCCC/C=C/CC/C=C/CC/C=C/C(O)C(COC1OC(CO)C(OC2OC(CO)C(OC3OC(CO)C(O)C(O)C3O)C(O)C2O)C(O)C1O)NC(=O)CCCCCCCCCCC/C=C\C/C=C\CCCCCCC. The van der Waals surface area contributed by atoms with Crippen LogP contribution in [0.15, 0.2) is 60.8 Å². The van der Waals surface area contributed by atoms with Crippen molar-refractivity contribution >= 4 is 5.91 Å². The van der Waals surface area contributed by atoms with Gasteiger partial charge in [0.15, 0.2) is 18.9 Å². The fraction of sp³-hybridized carbons (Fsp3) is 0.817. The summed E-state index contributed by atoms with van der Waals surface area (Å²) in [6.07, 6.45) is 22.1. The highest BCUT2D eigenvalue weighted by atomic mass is 16.8. The number of carbonyl (C=O) groups excluding carboxylic acids is 1. The van der Waals surface area contributed by atoms with Crippen LogP contribution < -0.4 is 5.32 Å². The summed E-state index contributed by atoms with van der Waals surface area (Å²) in [7, 11) is 0. The number of aliphatic hydroxyl groups excluding tert-OH is 11. The normalized spacial score (nSPS) is 30.7. The molecule has 0 saturated carbocycles. The van der Waals surface area contributed by atoms with Crippen molar-refractivity contribution in [2.75, 3.05) is 26.4 Å². The quantitative estimate of drug-likeness (QED) is 0.0274. The van der Waals surface area contributed by atoms with Crippen molar-refractivity contribution < 1.29 is 89.4 Å². The molecule has 0 spiro atoms. The number of nitrogens with one attached hydrogen (secondary N) is 1. The Kier molecular flexibility index (Phi) is 38.7. The van der Waals surface area contributed by atoms with E-state index < -0.39 is 124 Å². The Morgan fingerprint density at radius 2 is 0.848 bits per heavy atom. The molecule has 3 aliphatic rings. The summed E-state index contributed by atoms with van der Waals surface area (Å²) in [6.45, 7) is 1.63. The zero-order valence-electron chi connectivity index (χ0n) is 47.6. The van der Waals surface area contributed by atoms with Crippen LogP contribution in [0, 0.1) is 0 Å². The van der Waals surface area contributed by atoms with Crippen molar-refractivity contribution in [2.24, 2.45) is 0 Å². The Balaban J connectivity index is 1.50. The highest BCUT2D eigenvalue weighted by Crippen LogP contribution is 2.33. The van der Waals surface area contributed by atoms with E-state index >= 15 is 0 Å². The van der Waals surface area contributed by atoms with Crippen LogP contribution in [0.1, 0.15) is 181 Å². The number of unbranched alkanes of at least 4 members (excludes halogenated alkanes) is 19. The molecule has 79 heavy (non-hydrogen) atoms. The van der Waals surface area contributed by atoms with E-state index in [1.165, 1.54) is 83.5 Å². The van der Waals surface area contributed by atoms with Crippen LogP contribution in [0.2, 0.25) is 0 Å². The number of rotatable bonds is 43. The minimum absolute atomic E-state index is 0.225. The molecule has 0 aromatic heterocycles. The number of amides is 1. The lowest BCUT2D eigenvalue weighted by Gasteiger charge is -2.48. The van der Waals surface area contributed by atoms with Crippen molar-refractivity contribution in [3.8, 4) is 0 Å². The van der Waals surface area contributed by atoms with Crippen LogP contribution in [0.3, 0.4) is 0 Å². The van der Waals surface area contributed by atoms with E-state index in [0.717, 1.165) is 64.2 Å². The highest BCUT2D eigenvalue weighted by molar-refractivity contribution is 5.76. The van der Waals surface area contributed by atoms with Gasteiger partial charge in [0.2, 0.25) is 5.91 Å². The molecule has 3 aliphatic heterocycles. The first-order valence-electron chi connectivity index (χ1n) is 30.0. The van der Waals surface area contributed by atoms with Crippen LogP contribution in [-0.4, -0.2) is 193 Å². The van der Waals surface area contributed by atoms with Crippen LogP contribution in [0.5, 0.6) is 0 Å². The van der Waals surface area contributed by atoms with E-state index in [9.17, 15) is 61.0 Å². The van der Waals surface area contributed by atoms with Gasteiger partial charge in [-0.05, 0) is 77.0 Å². The number of carbonyl (C=O) groups is 1. The fourth-order valence-corrected chi connectivity index (χ4v) is 9.78. The predicted octanol–water partition coefficient (Wildman–Crippen LogP) is 5.26. The van der Waals surface area contributed by atoms with Gasteiger partial charge in [0.05, 0.1) is 38.6 Å². The first kappa shape index (κ1) is 70.8. The monoisotopic (exact) mass is 1130 g/mol. The standard InChI is InChI=1S/C60H105NO18/c1-3-5-7-9-11-13-15-17-18-19-20-21-22-23-24-26-28-30-32-34-36-38-48(66)61-43(44(65)37-35-33-31-29-27-25-16-14-12-10-8-6-4-2)42-74-58-54(72)51(69)56(46(40-63)76-58)79-60-55(73)52(70)57(47(41-64)77-60)78-59-53(71)50(68)49(67)45(39-62)75-59/h12,14-15,17,19-20,27,29,35,37,43-47,49-60,62-65,67-73H,3-11,13,16,18,21-26,28,30-34,36,38-42H2,1-2H3,(H,61,66)/b14-12+,17-15-,20-19-,29-27+,37-35+.